The Labute approximate surface area is 92.0 Å². The fourth-order valence-corrected chi connectivity index (χ4v) is 2.19. The predicted octanol–water partition coefficient (Wildman–Crippen LogP) is 3.10. The predicted molar refractivity (Wildman–Crippen MR) is 61.4 cm³/mol. The van der Waals surface area contributed by atoms with Crippen LogP contribution in [0.4, 0.5) is 0 Å². The van der Waals surface area contributed by atoms with Gasteiger partial charge in [0.05, 0.1) is 13.0 Å². The number of rotatable bonds is 2. The standard InChI is InChI=1S/C13H20O2/c1-5-6-10-7-11(9(2)3)8-12(10)13(14)15-4/h5-6,10,12H,7-8H2,1-4H3/b6-5+. The van der Waals surface area contributed by atoms with Gasteiger partial charge in [0.25, 0.3) is 0 Å². The topological polar surface area (TPSA) is 26.3 Å². The first-order chi connectivity index (χ1) is 7.10. The van der Waals surface area contributed by atoms with E-state index in [0.717, 1.165) is 12.8 Å². The third kappa shape index (κ3) is 2.71. The number of ether oxygens (including phenoxy) is 1. The lowest BCUT2D eigenvalue weighted by atomic mass is 9.96. The molecule has 0 radical (unpaired) electrons. The molecule has 1 fully saturated rings. The van der Waals surface area contributed by atoms with E-state index in [1.54, 1.807) is 0 Å². The van der Waals surface area contributed by atoms with Crippen LogP contribution in [0, 0.1) is 11.8 Å². The summed E-state index contributed by atoms with van der Waals surface area (Å²) in [5.74, 6) is 0.276. The van der Waals surface area contributed by atoms with E-state index in [-0.39, 0.29) is 11.9 Å². The number of esters is 1. The molecule has 1 saturated carbocycles. The number of hydrogen-bond donors (Lipinski definition) is 0. The Balaban J connectivity index is 2.86. The number of carbonyl (C=O) groups is 1. The maximum absolute atomic E-state index is 11.6. The van der Waals surface area contributed by atoms with Crippen molar-refractivity contribution in [1.82, 2.24) is 0 Å². The van der Waals surface area contributed by atoms with Crippen LogP contribution in [-0.4, -0.2) is 13.1 Å². The molecule has 0 amide bonds. The molecular formula is C13H20O2. The van der Waals surface area contributed by atoms with Gasteiger partial charge in [-0.2, -0.15) is 0 Å². The SMILES string of the molecule is C/C=C/C1CC(=C(C)C)CC1C(=O)OC. The van der Waals surface area contributed by atoms with Crippen LogP contribution in [-0.2, 0) is 9.53 Å². The van der Waals surface area contributed by atoms with Crippen molar-refractivity contribution < 1.29 is 9.53 Å². The zero-order chi connectivity index (χ0) is 11.4. The van der Waals surface area contributed by atoms with E-state index in [2.05, 4.69) is 19.9 Å². The van der Waals surface area contributed by atoms with E-state index < -0.39 is 0 Å². The molecule has 1 aliphatic rings. The molecule has 0 bridgehead atoms. The molecule has 0 aromatic carbocycles. The summed E-state index contributed by atoms with van der Waals surface area (Å²) in [6.07, 6.45) is 6.02. The summed E-state index contributed by atoms with van der Waals surface area (Å²) in [5.41, 5.74) is 2.75. The van der Waals surface area contributed by atoms with Crippen LogP contribution in [0.3, 0.4) is 0 Å². The van der Waals surface area contributed by atoms with E-state index in [9.17, 15) is 4.79 Å². The van der Waals surface area contributed by atoms with Crippen molar-refractivity contribution in [2.24, 2.45) is 11.8 Å². The minimum atomic E-state index is -0.0747. The average molecular weight is 208 g/mol. The van der Waals surface area contributed by atoms with E-state index >= 15 is 0 Å². The third-order valence-corrected chi connectivity index (χ3v) is 3.12. The van der Waals surface area contributed by atoms with E-state index in [1.807, 2.05) is 13.0 Å². The first kappa shape index (κ1) is 12.0. The Hall–Kier alpha value is -1.05. The first-order valence-corrected chi connectivity index (χ1v) is 5.46. The van der Waals surface area contributed by atoms with Gasteiger partial charge in [0.2, 0.25) is 0 Å². The number of allylic oxidation sites excluding steroid dienone is 4. The molecule has 0 saturated heterocycles. The highest BCUT2D eigenvalue weighted by molar-refractivity contribution is 5.74. The summed E-state index contributed by atoms with van der Waals surface area (Å²) in [6, 6.07) is 0. The fourth-order valence-electron chi connectivity index (χ4n) is 2.19. The van der Waals surface area contributed by atoms with Gasteiger partial charge in [-0.3, -0.25) is 4.79 Å². The van der Waals surface area contributed by atoms with Gasteiger partial charge in [0.1, 0.15) is 0 Å². The Kier molecular flexibility index (Phi) is 4.13. The summed E-state index contributed by atoms with van der Waals surface area (Å²) >= 11 is 0. The normalized spacial score (nSPS) is 26.0. The minimum absolute atomic E-state index is 0.0242. The first-order valence-electron chi connectivity index (χ1n) is 5.46. The van der Waals surface area contributed by atoms with Crippen LogP contribution < -0.4 is 0 Å². The quantitative estimate of drug-likeness (QED) is 0.515. The highest BCUT2D eigenvalue weighted by atomic mass is 16.5. The van der Waals surface area contributed by atoms with Crippen molar-refractivity contribution in [3.63, 3.8) is 0 Å². The summed E-state index contributed by atoms with van der Waals surface area (Å²) in [4.78, 5) is 11.6. The molecule has 1 rings (SSSR count). The van der Waals surface area contributed by atoms with Gasteiger partial charge in [-0.1, -0.05) is 23.3 Å². The molecule has 0 heterocycles. The smallest absolute Gasteiger partial charge is 0.309 e. The monoisotopic (exact) mass is 208 g/mol. The van der Waals surface area contributed by atoms with Crippen molar-refractivity contribution in [3.8, 4) is 0 Å². The second-order valence-corrected chi connectivity index (χ2v) is 4.33. The van der Waals surface area contributed by atoms with Gasteiger partial charge < -0.3 is 4.74 Å². The molecule has 2 nitrogen and oxygen atoms in total. The average Bonchev–Trinajstić information content (AvgIpc) is 2.61. The molecule has 0 aromatic rings. The molecule has 2 unspecified atom stereocenters. The van der Waals surface area contributed by atoms with Crippen molar-refractivity contribution in [1.29, 1.82) is 0 Å². The molecule has 1 aliphatic carbocycles. The summed E-state index contributed by atoms with van der Waals surface area (Å²) in [6.45, 7) is 6.22. The lowest BCUT2D eigenvalue weighted by Crippen LogP contribution is -2.18. The zero-order valence-electron chi connectivity index (χ0n) is 10.0. The molecular weight excluding hydrogens is 188 g/mol. The van der Waals surface area contributed by atoms with Crippen molar-refractivity contribution in [2.75, 3.05) is 7.11 Å². The van der Waals surface area contributed by atoms with Crippen molar-refractivity contribution in [3.05, 3.63) is 23.3 Å². The second-order valence-electron chi connectivity index (χ2n) is 4.33. The van der Waals surface area contributed by atoms with Gasteiger partial charge in [0.15, 0.2) is 0 Å². The zero-order valence-corrected chi connectivity index (χ0v) is 10.0. The van der Waals surface area contributed by atoms with E-state index in [0.29, 0.717) is 5.92 Å². The molecule has 84 valence electrons. The Bertz CT molecular complexity index is 296. The molecule has 0 aliphatic heterocycles. The fraction of sp³-hybridized carbons (Fsp3) is 0.615. The number of hydrogen-bond acceptors (Lipinski definition) is 2. The Morgan fingerprint density at radius 2 is 2.07 bits per heavy atom. The molecule has 15 heavy (non-hydrogen) atoms. The lowest BCUT2D eigenvalue weighted by molar-refractivity contribution is -0.146. The molecule has 2 atom stereocenters. The van der Waals surface area contributed by atoms with Crippen LogP contribution in [0.25, 0.3) is 0 Å². The van der Waals surface area contributed by atoms with Crippen LogP contribution in [0.5, 0.6) is 0 Å². The summed E-state index contributed by atoms with van der Waals surface area (Å²) in [5, 5.41) is 0. The molecule has 0 N–H and O–H groups in total. The number of carbonyl (C=O) groups excluding carboxylic acids is 1. The Morgan fingerprint density at radius 1 is 1.40 bits per heavy atom. The maximum atomic E-state index is 11.6. The second kappa shape index (κ2) is 5.15. The Morgan fingerprint density at radius 3 is 2.53 bits per heavy atom. The summed E-state index contributed by atoms with van der Waals surface area (Å²) in [7, 11) is 1.47. The van der Waals surface area contributed by atoms with Gasteiger partial charge in [-0.05, 0) is 39.5 Å². The van der Waals surface area contributed by atoms with Crippen LogP contribution in [0.1, 0.15) is 33.6 Å². The van der Waals surface area contributed by atoms with Crippen LogP contribution in [0.2, 0.25) is 0 Å². The van der Waals surface area contributed by atoms with E-state index in [1.165, 1.54) is 18.3 Å². The van der Waals surface area contributed by atoms with Gasteiger partial charge in [-0.15, -0.1) is 0 Å². The summed E-state index contributed by atoms with van der Waals surface area (Å²) < 4.78 is 4.84. The molecule has 0 spiro atoms. The van der Waals surface area contributed by atoms with Crippen molar-refractivity contribution in [2.45, 2.75) is 33.6 Å². The largest absolute Gasteiger partial charge is 0.469 e. The van der Waals surface area contributed by atoms with E-state index in [4.69, 9.17) is 4.74 Å². The maximum Gasteiger partial charge on any atom is 0.309 e. The lowest BCUT2D eigenvalue weighted by Gasteiger charge is -2.12. The van der Waals surface area contributed by atoms with Crippen LogP contribution in [0.15, 0.2) is 23.3 Å². The number of methoxy groups -OCH3 is 1. The van der Waals surface area contributed by atoms with Gasteiger partial charge in [-0.25, -0.2) is 0 Å². The highest BCUT2D eigenvalue weighted by Crippen LogP contribution is 2.39. The van der Waals surface area contributed by atoms with Crippen molar-refractivity contribution >= 4 is 5.97 Å². The molecule has 2 heteroatoms. The highest BCUT2D eigenvalue weighted by Gasteiger charge is 2.34. The molecule has 0 aromatic heterocycles. The minimum Gasteiger partial charge on any atom is -0.469 e. The third-order valence-electron chi connectivity index (χ3n) is 3.12. The van der Waals surface area contributed by atoms with Gasteiger partial charge >= 0.3 is 5.97 Å². The van der Waals surface area contributed by atoms with Gasteiger partial charge in [0, 0.05) is 0 Å². The van der Waals surface area contributed by atoms with Crippen LogP contribution >= 0.6 is 0 Å².